The van der Waals surface area contributed by atoms with Gasteiger partial charge in [-0.3, -0.25) is 9.79 Å². The molecule has 0 radical (unpaired) electrons. The molecule has 26 heavy (non-hydrogen) atoms. The van der Waals surface area contributed by atoms with Gasteiger partial charge in [-0.05, 0) is 38.2 Å². The Hall–Kier alpha value is -0.990. The molecule has 0 aromatic carbocycles. The Morgan fingerprint density at radius 2 is 2.12 bits per heavy atom. The Kier molecular flexibility index (Phi) is 7.45. The third kappa shape index (κ3) is 5.04. The van der Waals surface area contributed by atoms with Gasteiger partial charge in [0.05, 0.1) is 18.7 Å². The minimum absolute atomic E-state index is 0.0527. The van der Waals surface area contributed by atoms with Crippen LogP contribution in [0.2, 0.25) is 0 Å². The highest BCUT2D eigenvalue weighted by Crippen LogP contribution is 2.38. The van der Waals surface area contributed by atoms with Crippen LogP contribution in [0, 0.1) is 0 Å². The van der Waals surface area contributed by atoms with Crippen molar-refractivity contribution in [3.05, 3.63) is 16.0 Å². The molecule has 0 unspecified atom stereocenters. The summed E-state index contributed by atoms with van der Waals surface area (Å²) < 4.78 is 6.33. The number of aryl methyl sites for hydroxylation is 1. The molecule has 3 rings (SSSR count). The fourth-order valence-corrected chi connectivity index (χ4v) is 6.38. The summed E-state index contributed by atoms with van der Waals surface area (Å²) >= 11 is 4.94. The lowest BCUT2D eigenvalue weighted by Gasteiger charge is -2.08. The molecule has 1 aliphatic heterocycles. The molecule has 0 saturated heterocycles. The Balaban J connectivity index is 1.67. The molecule has 0 atom stereocenters. The second-order valence-corrected chi connectivity index (χ2v) is 9.66. The summed E-state index contributed by atoms with van der Waals surface area (Å²) in [5.74, 6) is 1.38. The van der Waals surface area contributed by atoms with Crippen LogP contribution in [0.15, 0.2) is 4.99 Å². The summed E-state index contributed by atoms with van der Waals surface area (Å²) in [4.78, 5) is 30.5. The van der Waals surface area contributed by atoms with Crippen LogP contribution >= 0.6 is 34.9 Å². The van der Waals surface area contributed by atoms with E-state index in [0.29, 0.717) is 29.3 Å². The zero-order chi connectivity index (χ0) is 18.4. The zero-order valence-electron chi connectivity index (χ0n) is 15.0. The molecule has 0 bridgehead atoms. The van der Waals surface area contributed by atoms with Crippen molar-refractivity contribution in [2.24, 2.45) is 4.99 Å². The lowest BCUT2D eigenvalue weighted by atomic mass is 10.1. The van der Waals surface area contributed by atoms with E-state index in [-0.39, 0.29) is 11.9 Å². The highest BCUT2D eigenvalue weighted by Gasteiger charge is 2.26. The van der Waals surface area contributed by atoms with E-state index in [9.17, 15) is 9.59 Å². The summed E-state index contributed by atoms with van der Waals surface area (Å²) in [6.07, 6.45) is 5.69. The third-order valence-corrected chi connectivity index (χ3v) is 7.73. The van der Waals surface area contributed by atoms with Crippen molar-refractivity contribution in [3.8, 4) is 0 Å². The fraction of sp³-hybridized carbons (Fsp3) is 0.611. The molecule has 142 valence electrons. The van der Waals surface area contributed by atoms with Gasteiger partial charge in [-0.2, -0.15) is 0 Å². The second kappa shape index (κ2) is 9.80. The van der Waals surface area contributed by atoms with Crippen LogP contribution in [-0.4, -0.2) is 40.9 Å². The summed E-state index contributed by atoms with van der Waals surface area (Å²) in [7, 11) is 0. The molecule has 0 fully saturated rings. The topological polar surface area (TPSA) is 67.8 Å². The zero-order valence-corrected chi connectivity index (χ0v) is 17.4. The van der Waals surface area contributed by atoms with Crippen LogP contribution < -0.4 is 5.32 Å². The maximum atomic E-state index is 12.5. The Morgan fingerprint density at radius 1 is 1.27 bits per heavy atom. The lowest BCUT2D eigenvalue weighted by molar-refractivity contribution is -0.115. The standard InChI is InChI=1S/C18H24N2O3S3/c1-2-23-17(22)15-12-6-4-3-5-7-13(12)26-16(15)20-14(21)8-10-24-18-19-9-11-25-18/h2-11H2,1H3,(H,20,21). The van der Waals surface area contributed by atoms with Crippen molar-refractivity contribution in [1.29, 1.82) is 0 Å². The average Bonchev–Trinajstić information content (AvgIpc) is 3.18. The number of amides is 1. The Bertz CT molecular complexity index is 700. The Morgan fingerprint density at radius 3 is 2.88 bits per heavy atom. The van der Waals surface area contributed by atoms with Gasteiger partial charge in [0.15, 0.2) is 0 Å². The summed E-state index contributed by atoms with van der Waals surface area (Å²) in [5, 5.41) is 3.64. The number of esters is 1. The summed E-state index contributed by atoms with van der Waals surface area (Å²) in [6.45, 7) is 3.03. The number of thioether (sulfide) groups is 2. The van der Waals surface area contributed by atoms with Crippen LogP contribution in [0.4, 0.5) is 5.00 Å². The van der Waals surface area contributed by atoms with Gasteiger partial charge in [-0.1, -0.05) is 29.9 Å². The van der Waals surface area contributed by atoms with Crippen LogP contribution in [0.1, 0.15) is 53.4 Å². The largest absolute Gasteiger partial charge is 0.462 e. The number of ether oxygens (including phenoxy) is 1. The Labute approximate surface area is 166 Å². The quantitative estimate of drug-likeness (QED) is 0.555. The number of rotatable bonds is 6. The highest BCUT2D eigenvalue weighted by molar-refractivity contribution is 8.39. The van der Waals surface area contributed by atoms with Gasteiger partial charge in [0.2, 0.25) is 5.91 Å². The second-order valence-electron chi connectivity index (χ2n) is 6.13. The normalized spacial score (nSPS) is 16.6. The molecule has 1 aliphatic carbocycles. The van der Waals surface area contributed by atoms with Gasteiger partial charge < -0.3 is 10.1 Å². The molecule has 0 saturated carbocycles. The van der Waals surface area contributed by atoms with Crippen molar-refractivity contribution in [3.63, 3.8) is 0 Å². The molecule has 1 aromatic heterocycles. The first-order valence-corrected chi connectivity index (χ1v) is 11.9. The van der Waals surface area contributed by atoms with Crippen molar-refractivity contribution in [2.45, 2.75) is 45.4 Å². The number of carbonyl (C=O) groups excluding carboxylic acids is 2. The van der Waals surface area contributed by atoms with E-state index in [1.807, 2.05) is 6.92 Å². The molecular formula is C18H24N2O3S3. The first-order chi connectivity index (χ1) is 12.7. The molecule has 5 nitrogen and oxygen atoms in total. The first-order valence-electron chi connectivity index (χ1n) is 9.10. The number of hydrogen-bond acceptors (Lipinski definition) is 7. The van der Waals surface area contributed by atoms with Crippen LogP contribution in [-0.2, 0) is 22.4 Å². The van der Waals surface area contributed by atoms with E-state index in [0.717, 1.165) is 47.9 Å². The van der Waals surface area contributed by atoms with Crippen molar-refractivity contribution in [2.75, 3.05) is 30.0 Å². The minimum atomic E-state index is -0.312. The molecule has 2 aliphatic rings. The van der Waals surface area contributed by atoms with Crippen molar-refractivity contribution >= 4 is 56.1 Å². The van der Waals surface area contributed by atoms with Gasteiger partial charge in [0, 0.05) is 22.8 Å². The SMILES string of the molecule is CCOC(=O)c1c(NC(=O)CCSC2=NCCS2)sc2c1CCCCC2. The molecule has 0 spiro atoms. The van der Waals surface area contributed by atoms with E-state index < -0.39 is 0 Å². The summed E-state index contributed by atoms with van der Waals surface area (Å²) in [5.41, 5.74) is 1.68. The van der Waals surface area contributed by atoms with Crippen molar-refractivity contribution < 1.29 is 14.3 Å². The first kappa shape index (κ1) is 19.8. The lowest BCUT2D eigenvalue weighted by Crippen LogP contribution is -2.15. The monoisotopic (exact) mass is 412 g/mol. The van der Waals surface area contributed by atoms with Crippen LogP contribution in [0.3, 0.4) is 0 Å². The number of nitrogens with zero attached hydrogens (tertiary/aromatic N) is 1. The average molecular weight is 413 g/mol. The van der Waals surface area contributed by atoms with Gasteiger partial charge >= 0.3 is 5.97 Å². The van der Waals surface area contributed by atoms with E-state index in [4.69, 9.17) is 4.74 Å². The van der Waals surface area contributed by atoms with Gasteiger partial charge in [0.25, 0.3) is 0 Å². The van der Waals surface area contributed by atoms with Crippen LogP contribution in [0.5, 0.6) is 0 Å². The van der Waals surface area contributed by atoms with E-state index in [1.165, 1.54) is 11.3 Å². The van der Waals surface area contributed by atoms with Crippen molar-refractivity contribution in [1.82, 2.24) is 0 Å². The minimum Gasteiger partial charge on any atom is -0.462 e. The van der Waals surface area contributed by atoms with E-state index in [2.05, 4.69) is 10.3 Å². The molecule has 1 aromatic rings. The molecule has 8 heteroatoms. The summed E-state index contributed by atoms with van der Waals surface area (Å²) in [6, 6.07) is 0. The number of nitrogens with one attached hydrogen (secondary N) is 1. The fourth-order valence-electron chi connectivity index (χ4n) is 3.07. The van der Waals surface area contributed by atoms with Gasteiger partial charge in [-0.25, -0.2) is 4.79 Å². The number of hydrogen-bond donors (Lipinski definition) is 1. The van der Waals surface area contributed by atoms with Gasteiger partial charge in [0.1, 0.15) is 9.38 Å². The molecule has 2 heterocycles. The number of aliphatic imine (C=N–C) groups is 1. The van der Waals surface area contributed by atoms with E-state index >= 15 is 0 Å². The predicted octanol–water partition coefficient (Wildman–Crippen LogP) is 4.36. The maximum Gasteiger partial charge on any atom is 0.341 e. The number of thiophene rings is 1. The predicted molar refractivity (Wildman–Crippen MR) is 112 cm³/mol. The maximum absolute atomic E-state index is 12.5. The van der Waals surface area contributed by atoms with Gasteiger partial charge in [-0.15, -0.1) is 11.3 Å². The number of anilines is 1. The van der Waals surface area contributed by atoms with E-state index in [1.54, 1.807) is 34.9 Å². The highest BCUT2D eigenvalue weighted by atomic mass is 32.2. The smallest absolute Gasteiger partial charge is 0.341 e. The molecule has 1 amide bonds. The van der Waals surface area contributed by atoms with Crippen LogP contribution in [0.25, 0.3) is 0 Å². The number of carbonyl (C=O) groups is 2. The molecule has 1 N–H and O–H groups in total. The number of fused-ring (bicyclic) bond motifs is 1. The third-order valence-electron chi connectivity index (χ3n) is 4.27. The molecular weight excluding hydrogens is 388 g/mol.